The summed E-state index contributed by atoms with van der Waals surface area (Å²) in [6, 6.07) is 4.89. The molecule has 0 unspecified atom stereocenters. The smallest absolute Gasteiger partial charge is 0.149 e. The van der Waals surface area contributed by atoms with Gasteiger partial charge in [-0.3, -0.25) is 0 Å². The lowest BCUT2D eigenvalue weighted by Gasteiger charge is -2.08. The summed E-state index contributed by atoms with van der Waals surface area (Å²) in [6.45, 7) is 0. The Morgan fingerprint density at radius 3 is 2.85 bits per heavy atom. The van der Waals surface area contributed by atoms with E-state index in [-0.39, 0.29) is 5.82 Å². The number of thiazole rings is 1. The molecule has 0 amide bonds. The zero-order valence-corrected chi connectivity index (χ0v) is 15.2. The van der Waals surface area contributed by atoms with Crippen molar-refractivity contribution in [1.29, 1.82) is 0 Å². The maximum absolute atomic E-state index is 14.1. The number of fused-ring (bicyclic) bond motifs is 1. The van der Waals surface area contributed by atoms with Crippen LogP contribution in [0.2, 0.25) is 0 Å². The van der Waals surface area contributed by atoms with Crippen LogP contribution in [0.4, 0.5) is 10.2 Å². The van der Waals surface area contributed by atoms with Crippen LogP contribution in [0.25, 0.3) is 21.6 Å². The van der Waals surface area contributed by atoms with Gasteiger partial charge >= 0.3 is 0 Å². The Labute approximate surface area is 153 Å². The molecule has 3 aromatic heterocycles. The minimum Gasteiger partial charge on any atom is -0.373 e. The minimum atomic E-state index is -0.342. The molecule has 4 rings (SSSR count). The third kappa shape index (κ3) is 3.03. The molecule has 0 aliphatic heterocycles. The number of hydrogen-bond donors (Lipinski definition) is 1. The topological polar surface area (TPSA) is 68.5 Å². The number of aromatic nitrogens is 5. The van der Waals surface area contributed by atoms with E-state index >= 15 is 0 Å². The maximum atomic E-state index is 14.1. The highest BCUT2D eigenvalue weighted by atomic mass is 32.1. The van der Waals surface area contributed by atoms with Crippen molar-refractivity contribution in [2.45, 2.75) is 12.8 Å². The van der Waals surface area contributed by atoms with Gasteiger partial charge in [-0.1, -0.05) is 6.07 Å². The average Bonchev–Trinajstić information content (AvgIpc) is 3.29. The van der Waals surface area contributed by atoms with Crippen LogP contribution in [0.1, 0.15) is 11.6 Å². The van der Waals surface area contributed by atoms with E-state index < -0.39 is 0 Å². The highest BCUT2D eigenvalue weighted by molar-refractivity contribution is 7.13. The fourth-order valence-electron chi connectivity index (χ4n) is 2.88. The molecule has 1 aromatic carbocycles. The summed E-state index contributed by atoms with van der Waals surface area (Å²) in [5.74, 6) is 1.79. The first-order valence-corrected chi connectivity index (χ1v) is 9.08. The van der Waals surface area contributed by atoms with Gasteiger partial charge in [0.15, 0.2) is 0 Å². The molecule has 3 heterocycles. The Hall–Kier alpha value is -2.87. The summed E-state index contributed by atoms with van der Waals surface area (Å²) in [6.07, 6.45) is 4.96. The first-order chi connectivity index (χ1) is 12.7. The van der Waals surface area contributed by atoms with Crippen molar-refractivity contribution >= 4 is 28.1 Å². The van der Waals surface area contributed by atoms with E-state index in [1.165, 1.54) is 6.07 Å². The van der Waals surface area contributed by atoms with Crippen LogP contribution in [0.15, 0.2) is 36.0 Å². The second-order valence-corrected chi connectivity index (χ2v) is 6.76. The predicted molar refractivity (Wildman–Crippen MR) is 101 cm³/mol. The molecule has 0 bridgehead atoms. The van der Waals surface area contributed by atoms with Gasteiger partial charge in [0, 0.05) is 50.1 Å². The largest absolute Gasteiger partial charge is 0.373 e. The van der Waals surface area contributed by atoms with Gasteiger partial charge in [-0.15, -0.1) is 11.3 Å². The molecule has 1 N–H and O–H groups in total. The molecule has 0 aliphatic rings. The van der Waals surface area contributed by atoms with Gasteiger partial charge in [0.05, 0.1) is 0 Å². The number of para-hydroxylation sites is 1. The van der Waals surface area contributed by atoms with Gasteiger partial charge in [0.25, 0.3) is 0 Å². The number of halogens is 1. The number of nitrogens with one attached hydrogen (secondary N) is 1. The second-order valence-electron chi connectivity index (χ2n) is 5.86. The van der Waals surface area contributed by atoms with Crippen molar-refractivity contribution < 1.29 is 4.39 Å². The van der Waals surface area contributed by atoms with E-state index in [0.29, 0.717) is 35.4 Å². The quantitative estimate of drug-likeness (QED) is 0.584. The maximum Gasteiger partial charge on any atom is 0.149 e. The molecule has 0 fully saturated rings. The zero-order valence-electron chi connectivity index (χ0n) is 14.4. The van der Waals surface area contributed by atoms with E-state index in [0.717, 1.165) is 16.5 Å². The lowest BCUT2D eigenvalue weighted by Crippen LogP contribution is -2.06. The van der Waals surface area contributed by atoms with E-state index in [1.807, 2.05) is 29.3 Å². The van der Waals surface area contributed by atoms with Gasteiger partial charge in [-0.25, -0.2) is 24.3 Å². The van der Waals surface area contributed by atoms with E-state index in [4.69, 9.17) is 0 Å². The summed E-state index contributed by atoms with van der Waals surface area (Å²) < 4.78 is 16.1. The monoisotopic (exact) mass is 368 g/mol. The summed E-state index contributed by atoms with van der Waals surface area (Å²) in [4.78, 5) is 17.9. The summed E-state index contributed by atoms with van der Waals surface area (Å²) in [7, 11) is 3.73. The third-order valence-electron chi connectivity index (χ3n) is 4.16. The Balaban J connectivity index is 1.61. The van der Waals surface area contributed by atoms with Crippen LogP contribution in [0.3, 0.4) is 0 Å². The van der Waals surface area contributed by atoms with Crippen molar-refractivity contribution in [3.63, 3.8) is 0 Å². The van der Waals surface area contributed by atoms with Crippen LogP contribution in [0, 0.1) is 5.82 Å². The minimum absolute atomic E-state index is 0.338. The summed E-state index contributed by atoms with van der Waals surface area (Å²) >= 11 is 1.56. The Morgan fingerprint density at radius 1 is 1.19 bits per heavy atom. The Morgan fingerprint density at radius 2 is 2.08 bits per heavy atom. The fourth-order valence-corrected chi connectivity index (χ4v) is 3.47. The molecule has 4 aromatic rings. The van der Waals surface area contributed by atoms with E-state index in [2.05, 4.69) is 25.3 Å². The number of benzene rings is 1. The molecule has 0 radical (unpaired) electrons. The molecule has 6 nitrogen and oxygen atoms in total. The lowest BCUT2D eigenvalue weighted by atomic mass is 10.2. The van der Waals surface area contributed by atoms with Gasteiger partial charge in [0.1, 0.15) is 39.5 Å². The van der Waals surface area contributed by atoms with Gasteiger partial charge in [0.2, 0.25) is 0 Å². The Bertz CT molecular complexity index is 1060. The van der Waals surface area contributed by atoms with Gasteiger partial charge < -0.3 is 9.88 Å². The van der Waals surface area contributed by atoms with Crippen LogP contribution in [-0.2, 0) is 19.9 Å². The molecule has 0 atom stereocenters. The lowest BCUT2D eigenvalue weighted by molar-refractivity contribution is 0.635. The van der Waals surface area contributed by atoms with Crippen LogP contribution in [0.5, 0.6) is 0 Å². The van der Waals surface area contributed by atoms with Gasteiger partial charge in [-0.05, 0) is 12.1 Å². The van der Waals surface area contributed by atoms with E-state index in [9.17, 15) is 4.39 Å². The standard InChI is InChI=1S/C18H17FN6S/c1-20-17-11-4-3-5-12(19)16(11)23-14(24-17)6-7-15-22-13(10-25(15)2)18-21-8-9-26-18/h3-5,8-10H,6-7H2,1-2H3,(H,20,23,24). The predicted octanol–water partition coefficient (Wildman–Crippen LogP) is 3.45. The summed E-state index contributed by atoms with van der Waals surface area (Å²) in [5, 5.41) is 6.53. The zero-order chi connectivity index (χ0) is 18.1. The number of imidazole rings is 1. The second kappa shape index (κ2) is 6.80. The molecule has 0 aliphatic carbocycles. The van der Waals surface area contributed by atoms with Crippen molar-refractivity contribution in [1.82, 2.24) is 24.5 Å². The van der Waals surface area contributed by atoms with Gasteiger partial charge in [-0.2, -0.15) is 0 Å². The molecule has 26 heavy (non-hydrogen) atoms. The number of aryl methyl sites for hydroxylation is 3. The molecular formula is C18H17FN6S. The molecular weight excluding hydrogens is 351 g/mol. The number of anilines is 1. The SMILES string of the molecule is CNc1nc(CCc2nc(-c3nccs3)cn2C)nc2c(F)cccc12. The number of nitrogens with zero attached hydrogens (tertiary/aromatic N) is 5. The van der Waals surface area contributed by atoms with Crippen molar-refractivity contribution in [3.8, 4) is 10.7 Å². The van der Waals surface area contributed by atoms with Crippen LogP contribution in [-0.4, -0.2) is 31.6 Å². The molecule has 0 saturated heterocycles. The van der Waals surface area contributed by atoms with E-state index in [1.54, 1.807) is 30.6 Å². The van der Waals surface area contributed by atoms with Crippen molar-refractivity contribution in [2.75, 3.05) is 12.4 Å². The first-order valence-electron chi connectivity index (χ1n) is 8.20. The molecule has 8 heteroatoms. The average molecular weight is 368 g/mol. The molecule has 0 saturated carbocycles. The fraction of sp³-hybridized carbons (Fsp3) is 0.222. The first kappa shape index (κ1) is 16.6. The number of rotatable bonds is 5. The molecule has 132 valence electrons. The van der Waals surface area contributed by atoms with Crippen molar-refractivity contribution in [2.24, 2.45) is 7.05 Å². The van der Waals surface area contributed by atoms with Crippen LogP contribution >= 0.6 is 11.3 Å². The normalized spacial score (nSPS) is 11.2. The summed E-state index contributed by atoms with van der Waals surface area (Å²) in [5.41, 5.74) is 1.20. The molecule has 0 spiro atoms. The van der Waals surface area contributed by atoms with Crippen LogP contribution < -0.4 is 5.32 Å². The number of hydrogen-bond acceptors (Lipinski definition) is 6. The van der Waals surface area contributed by atoms with Crippen molar-refractivity contribution in [3.05, 3.63) is 53.4 Å². The third-order valence-corrected chi connectivity index (χ3v) is 4.95. The highest BCUT2D eigenvalue weighted by Gasteiger charge is 2.13. The highest BCUT2D eigenvalue weighted by Crippen LogP contribution is 2.23. The Kier molecular flexibility index (Phi) is 4.34.